The van der Waals surface area contributed by atoms with Gasteiger partial charge in [-0.25, -0.2) is 4.98 Å². The van der Waals surface area contributed by atoms with Crippen LogP contribution < -0.4 is 4.90 Å². The highest BCUT2D eigenvalue weighted by atomic mass is 19.3. The minimum Gasteiger partial charge on any atom is -0.396 e. The summed E-state index contributed by atoms with van der Waals surface area (Å²) < 4.78 is 28.1. The molecule has 0 atom stereocenters. The van der Waals surface area contributed by atoms with E-state index in [1.165, 1.54) is 0 Å². The first kappa shape index (κ1) is 16.4. The zero-order valence-corrected chi connectivity index (χ0v) is 13.1. The summed E-state index contributed by atoms with van der Waals surface area (Å²) in [7, 11) is 0. The van der Waals surface area contributed by atoms with Crippen LogP contribution in [0.3, 0.4) is 0 Å². The molecule has 0 fully saturated rings. The molecular formula is C18H19F2N3O. The minimum atomic E-state index is -2.65. The highest BCUT2D eigenvalue weighted by Gasteiger charge is 2.19. The van der Waals surface area contributed by atoms with Crippen molar-refractivity contribution in [3.8, 4) is 0 Å². The highest BCUT2D eigenvalue weighted by molar-refractivity contribution is 5.76. The fraction of sp³-hybridized carbons (Fsp3) is 0.278. The molecule has 4 nitrogen and oxygen atoms in total. The Bertz CT molecular complexity index is 789. The van der Waals surface area contributed by atoms with Gasteiger partial charge in [-0.05, 0) is 30.7 Å². The Morgan fingerprint density at radius 3 is 2.46 bits per heavy atom. The number of hydrogen-bond donors (Lipinski definition) is 1. The summed E-state index contributed by atoms with van der Waals surface area (Å²) in [6.07, 6.45) is 0.559. The van der Waals surface area contributed by atoms with Crippen LogP contribution >= 0.6 is 0 Å². The van der Waals surface area contributed by atoms with Gasteiger partial charge >= 0.3 is 6.55 Å². The van der Waals surface area contributed by atoms with E-state index in [9.17, 15) is 8.78 Å². The van der Waals surface area contributed by atoms with Gasteiger partial charge in [-0.15, -0.1) is 0 Å². The number of hydrogen-bond acceptors (Lipinski definition) is 3. The first-order chi connectivity index (χ1) is 11.7. The zero-order chi connectivity index (χ0) is 16.9. The van der Waals surface area contributed by atoms with Crippen LogP contribution in [0.15, 0.2) is 54.6 Å². The number of halogens is 2. The Labute approximate surface area is 139 Å². The van der Waals surface area contributed by atoms with Crippen molar-refractivity contribution in [3.63, 3.8) is 0 Å². The molecule has 0 unspecified atom stereocenters. The van der Waals surface area contributed by atoms with Crippen LogP contribution in [-0.4, -0.2) is 27.8 Å². The number of aliphatic hydroxyl groups excluding tert-OH is 1. The fourth-order valence-electron chi connectivity index (χ4n) is 2.79. The van der Waals surface area contributed by atoms with Crippen LogP contribution in [0.4, 0.5) is 14.5 Å². The lowest BCUT2D eigenvalue weighted by Gasteiger charge is -2.24. The second-order valence-corrected chi connectivity index (χ2v) is 5.50. The smallest absolute Gasteiger partial charge is 0.320 e. The molecule has 0 saturated heterocycles. The maximum Gasteiger partial charge on any atom is 0.320 e. The molecule has 1 N–H and O–H groups in total. The van der Waals surface area contributed by atoms with Crippen molar-refractivity contribution in [2.45, 2.75) is 19.5 Å². The van der Waals surface area contributed by atoms with E-state index in [0.717, 1.165) is 10.3 Å². The molecule has 0 aliphatic rings. The van der Waals surface area contributed by atoms with E-state index in [2.05, 4.69) is 4.98 Å². The highest BCUT2D eigenvalue weighted by Crippen LogP contribution is 2.25. The normalized spacial score (nSPS) is 11.3. The predicted octanol–water partition coefficient (Wildman–Crippen LogP) is 3.82. The Balaban J connectivity index is 1.97. The molecule has 0 aliphatic carbocycles. The molecule has 0 aliphatic heterocycles. The van der Waals surface area contributed by atoms with E-state index >= 15 is 0 Å². The molecule has 1 heterocycles. The van der Waals surface area contributed by atoms with Gasteiger partial charge in [0.05, 0.1) is 17.6 Å². The Morgan fingerprint density at radius 2 is 1.75 bits per heavy atom. The lowest BCUT2D eigenvalue weighted by Crippen LogP contribution is -2.26. The van der Waals surface area contributed by atoms with Gasteiger partial charge < -0.3 is 10.0 Å². The summed E-state index contributed by atoms with van der Waals surface area (Å²) in [5.41, 5.74) is 1.90. The molecule has 1 aromatic heterocycles. The maximum absolute atomic E-state index is 13.6. The first-order valence-corrected chi connectivity index (χ1v) is 7.85. The minimum absolute atomic E-state index is 0.0502. The summed E-state index contributed by atoms with van der Waals surface area (Å²) in [6.45, 7) is -1.78. The topological polar surface area (TPSA) is 41.3 Å². The van der Waals surface area contributed by atoms with E-state index in [4.69, 9.17) is 5.11 Å². The third-order valence-corrected chi connectivity index (χ3v) is 3.90. The summed E-state index contributed by atoms with van der Waals surface area (Å²) >= 11 is 0. The van der Waals surface area contributed by atoms with E-state index in [0.29, 0.717) is 29.8 Å². The molecule has 6 heteroatoms. The van der Waals surface area contributed by atoms with Crippen LogP contribution in [0.5, 0.6) is 0 Å². The second kappa shape index (κ2) is 7.40. The van der Waals surface area contributed by atoms with Crippen molar-refractivity contribution in [1.29, 1.82) is 0 Å². The summed E-state index contributed by atoms with van der Waals surface area (Å²) in [4.78, 5) is 6.34. The molecule has 0 spiro atoms. The fourth-order valence-corrected chi connectivity index (χ4v) is 2.79. The standard InChI is InChI=1S/C18H19F2N3O/c19-18(20)23-16-10-5-4-9-15(16)21-17(23)13-22(11-6-12-24)14-7-2-1-3-8-14/h1-5,7-10,18,24H,6,11-13H2. The third kappa shape index (κ3) is 3.38. The van der Waals surface area contributed by atoms with Gasteiger partial charge in [-0.3, -0.25) is 4.57 Å². The average molecular weight is 331 g/mol. The lowest BCUT2D eigenvalue weighted by atomic mass is 10.2. The van der Waals surface area contributed by atoms with Crippen molar-refractivity contribution in [2.24, 2.45) is 0 Å². The molecule has 0 bridgehead atoms. The Hall–Kier alpha value is -2.47. The third-order valence-electron chi connectivity index (χ3n) is 3.90. The average Bonchev–Trinajstić information content (AvgIpc) is 2.97. The molecule has 126 valence electrons. The molecular weight excluding hydrogens is 312 g/mol. The van der Waals surface area contributed by atoms with Crippen LogP contribution in [0.25, 0.3) is 11.0 Å². The molecule has 3 rings (SSSR count). The number of anilines is 1. The van der Waals surface area contributed by atoms with Gasteiger partial charge in [0.1, 0.15) is 5.82 Å². The molecule has 3 aromatic rings. The number of aromatic nitrogens is 2. The summed E-state index contributed by atoms with van der Waals surface area (Å²) in [5.74, 6) is 0.313. The van der Waals surface area contributed by atoms with Gasteiger partial charge in [-0.1, -0.05) is 30.3 Å². The Morgan fingerprint density at radius 1 is 1.04 bits per heavy atom. The van der Waals surface area contributed by atoms with Crippen LogP contribution in [0, 0.1) is 0 Å². The quantitative estimate of drug-likeness (QED) is 0.715. The van der Waals surface area contributed by atoms with E-state index in [1.54, 1.807) is 24.3 Å². The number of imidazole rings is 1. The van der Waals surface area contributed by atoms with Crippen molar-refractivity contribution in [3.05, 3.63) is 60.4 Å². The molecule has 0 radical (unpaired) electrons. The largest absolute Gasteiger partial charge is 0.396 e. The van der Waals surface area contributed by atoms with Gasteiger partial charge in [0.15, 0.2) is 0 Å². The van der Waals surface area contributed by atoms with Gasteiger partial charge in [0.25, 0.3) is 0 Å². The monoisotopic (exact) mass is 331 g/mol. The van der Waals surface area contributed by atoms with Crippen LogP contribution in [-0.2, 0) is 6.54 Å². The van der Waals surface area contributed by atoms with Gasteiger partial charge in [-0.2, -0.15) is 8.78 Å². The van der Waals surface area contributed by atoms with Crippen LogP contribution in [0.1, 0.15) is 18.8 Å². The number of alkyl halides is 2. The summed E-state index contributed by atoms with van der Waals surface area (Å²) in [6, 6.07) is 16.5. The molecule has 2 aromatic carbocycles. The lowest BCUT2D eigenvalue weighted by molar-refractivity contribution is 0.0714. The van der Waals surface area contributed by atoms with Crippen molar-refractivity contribution >= 4 is 16.7 Å². The van der Waals surface area contributed by atoms with Crippen molar-refractivity contribution in [1.82, 2.24) is 9.55 Å². The number of para-hydroxylation sites is 3. The van der Waals surface area contributed by atoms with E-state index in [1.807, 2.05) is 35.2 Å². The van der Waals surface area contributed by atoms with Gasteiger partial charge in [0.2, 0.25) is 0 Å². The summed E-state index contributed by atoms with van der Waals surface area (Å²) in [5, 5.41) is 9.12. The van der Waals surface area contributed by atoms with E-state index < -0.39 is 6.55 Å². The predicted molar refractivity (Wildman–Crippen MR) is 90.2 cm³/mol. The van der Waals surface area contributed by atoms with E-state index in [-0.39, 0.29) is 13.2 Å². The molecule has 0 saturated carbocycles. The Kier molecular flexibility index (Phi) is 5.05. The van der Waals surface area contributed by atoms with Crippen LogP contribution in [0.2, 0.25) is 0 Å². The number of nitrogens with zero attached hydrogens (tertiary/aromatic N) is 3. The first-order valence-electron chi connectivity index (χ1n) is 7.85. The number of aliphatic hydroxyl groups is 1. The second-order valence-electron chi connectivity index (χ2n) is 5.50. The zero-order valence-electron chi connectivity index (χ0n) is 13.1. The molecule has 24 heavy (non-hydrogen) atoms. The number of benzene rings is 2. The SMILES string of the molecule is OCCCN(Cc1nc2ccccc2n1C(F)F)c1ccccc1. The number of fused-ring (bicyclic) bond motifs is 1. The van der Waals surface area contributed by atoms with Crippen molar-refractivity contribution < 1.29 is 13.9 Å². The van der Waals surface area contributed by atoms with Gasteiger partial charge in [0, 0.05) is 18.8 Å². The van der Waals surface area contributed by atoms with Crippen molar-refractivity contribution in [2.75, 3.05) is 18.1 Å². The number of rotatable bonds is 7. The molecule has 0 amide bonds. The maximum atomic E-state index is 13.6.